The molecule has 2 aromatic rings. The molecule has 0 fully saturated rings. The molecule has 0 saturated carbocycles. The fourth-order valence-electron chi connectivity index (χ4n) is 1.68. The van der Waals surface area contributed by atoms with E-state index >= 15 is 0 Å². The third-order valence-electron chi connectivity index (χ3n) is 2.68. The maximum Gasteiger partial charge on any atom is 0.271 e. The fraction of sp³-hybridized carbons (Fsp3) is 0.0588. The van der Waals surface area contributed by atoms with Gasteiger partial charge in [-0.3, -0.25) is 4.79 Å². The van der Waals surface area contributed by atoms with Gasteiger partial charge < -0.3 is 4.74 Å². The van der Waals surface area contributed by atoms with E-state index in [1.54, 1.807) is 36.6 Å². The van der Waals surface area contributed by atoms with Crippen LogP contribution in [0.25, 0.3) is 0 Å². The van der Waals surface area contributed by atoms with Gasteiger partial charge in [0.25, 0.3) is 5.91 Å². The van der Waals surface area contributed by atoms with Crippen molar-refractivity contribution in [2.24, 2.45) is 5.10 Å². The van der Waals surface area contributed by atoms with Crippen molar-refractivity contribution in [1.82, 2.24) is 5.43 Å². The molecule has 1 amide bonds. The summed E-state index contributed by atoms with van der Waals surface area (Å²) in [5.74, 6) is 0.437. The number of nitrogens with zero attached hydrogens (tertiary/aromatic N) is 1. The molecule has 21 heavy (non-hydrogen) atoms. The summed E-state index contributed by atoms with van der Waals surface area (Å²) >= 11 is 0. The number of carbonyl (C=O) groups is 1. The smallest absolute Gasteiger partial charge is 0.271 e. The second-order valence-corrected chi connectivity index (χ2v) is 4.20. The number of rotatable bonds is 6. The molecular formula is C17H16N2O2. The van der Waals surface area contributed by atoms with Crippen molar-refractivity contribution in [3.63, 3.8) is 0 Å². The SMILES string of the molecule is C=CCOc1ccccc1C=NNC(=O)c1ccccc1. The molecular weight excluding hydrogens is 264 g/mol. The zero-order chi connectivity index (χ0) is 14.9. The minimum atomic E-state index is -0.253. The molecule has 0 radical (unpaired) electrons. The summed E-state index contributed by atoms with van der Waals surface area (Å²) in [7, 11) is 0. The average molecular weight is 280 g/mol. The van der Waals surface area contributed by atoms with E-state index in [4.69, 9.17) is 4.74 Å². The zero-order valence-electron chi connectivity index (χ0n) is 11.5. The van der Waals surface area contributed by atoms with Crippen molar-refractivity contribution in [2.45, 2.75) is 0 Å². The Morgan fingerprint density at radius 2 is 1.86 bits per heavy atom. The molecule has 4 heteroatoms. The number of nitrogens with one attached hydrogen (secondary N) is 1. The lowest BCUT2D eigenvalue weighted by atomic mass is 10.2. The minimum Gasteiger partial charge on any atom is -0.489 e. The Hall–Kier alpha value is -2.88. The normalized spacial score (nSPS) is 10.3. The van der Waals surface area contributed by atoms with E-state index in [2.05, 4.69) is 17.1 Å². The molecule has 0 heterocycles. The first-order valence-corrected chi connectivity index (χ1v) is 6.52. The highest BCUT2D eigenvalue weighted by molar-refractivity contribution is 5.95. The van der Waals surface area contributed by atoms with E-state index in [0.29, 0.717) is 17.9 Å². The monoisotopic (exact) mass is 280 g/mol. The standard InChI is InChI=1S/C17H16N2O2/c1-2-12-21-16-11-7-6-10-15(16)13-18-19-17(20)14-8-4-3-5-9-14/h2-11,13H,1,12H2,(H,19,20). The summed E-state index contributed by atoms with van der Waals surface area (Å²) in [6.07, 6.45) is 3.23. The van der Waals surface area contributed by atoms with E-state index in [0.717, 1.165) is 5.56 Å². The van der Waals surface area contributed by atoms with Crippen LogP contribution in [0.4, 0.5) is 0 Å². The van der Waals surface area contributed by atoms with Crippen molar-refractivity contribution in [2.75, 3.05) is 6.61 Å². The number of hydrogen-bond donors (Lipinski definition) is 1. The van der Waals surface area contributed by atoms with Gasteiger partial charge in [0.1, 0.15) is 12.4 Å². The molecule has 0 bridgehead atoms. The molecule has 4 nitrogen and oxygen atoms in total. The minimum absolute atomic E-state index is 0.253. The summed E-state index contributed by atoms with van der Waals surface area (Å²) in [5, 5.41) is 3.96. The van der Waals surface area contributed by atoms with E-state index in [1.807, 2.05) is 30.3 Å². The van der Waals surface area contributed by atoms with Crippen LogP contribution in [-0.4, -0.2) is 18.7 Å². The van der Waals surface area contributed by atoms with Crippen molar-refractivity contribution in [3.8, 4) is 5.75 Å². The second-order valence-electron chi connectivity index (χ2n) is 4.20. The molecule has 0 atom stereocenters. The Balaban J connectivity index is 2.01. The summed E-state index contributed by atoms with van der Waals surface area (Å²) in [6, 6.07) is 16.4. The number of hydrazone groups is 1. The van der Waals surface area contributed by atoms with Crippen molar-refractivity contribution < 1.29 is 9.53 Å². The Kier molecular flexibility index (Phi) is 5.29. The highest BCUT2D eigenvalue weighted by atomic mass is 16.5. The lowest BCUT2D eigenvalue weighted by molar-refractivity contribution is 0.0955. The molecule has 0 aliphatic rings. The fourth-order valence-corrected chi connectivity index (χ4v) is 1.68. The molecule has 2 rings (SSSR count). The molecule has 0 spiro atoms. The lowest BCUT2D eigenvalue weighted by Crippen LogP contribution is -2.17. The van der Waals surface area contributed by atoms with Gasteiger partial charge in [-0.15, -0.1) is 0 Å². The van der Waals surface area contributed by atoms with Crippen LogP contribution in [0, 0.1) is 0 Å². The highest BCUT2D eigenvalue weighted by Gasteiger charge is 2.02. The van der Waals surface area contributed by atoms with E-state index in [1.165, 1.54) is 0 Å². The van der Waals surface area contributed by atoms with Crippen LogP contribution in [0.2, 0.25) is 0 Å². The van der Waals surface area contributed by atoms with Crippen LogP contribution in [0.1, 0.15) is 15.9 Å². The molecule has 0 saturated heterocycles. The van der Waals surface area contributed by atoms with Crippen LogP contribution in [0.5, 0.6) is 5.75 Å². The molecule has 0 unspecified atom stereocenters. The van der Waals surface area contributed by atoms with E-state index in [-0.39, 0.29) is 5.91 Å². The largest absolute Gasteiger partial charge is 0.489 e. The first-order chi connectivity index (χ1) is 10.3. The third-order valence-corrected chi connectivity index (χ3v) is 2.68. The average Bonchev–Trinajstić information content (AvgIpc) is 2.54. The zero-order valence-corrected chi connectivity index (χ0v) is 11.5. The Morgan fingerprint density at radius 1 is 1.14 bits per heavy atom. The first-order valence-electron chi connectivity index (χ1n) is 6.52. The number of amides is 1. The van der Waals surface area contributed by atoms with Gasteiger partial charge in [-0.1, -0.05) is 43.0 Å². The maximum atomic E-state index is 11.8. The van der Waals surface area contributed by atoms with Gasteiger partial charge in [-0.05, 0) is 24.3 Å². The maximum absolute atomic E-state index is 11.8. The van der Waals surface area contributed by atoms with Crippen LogP contribution in [0.3, 0.4) is 0 Å². The van der Waals surface area contributed by atoms with Crippen LogP contribution in [-0.2, 0) is 0 Å². The molecule has 0 aliphatic heterocycles. The Labute approximate surface area is 123 Å². The predicted molar refractivity (Wildman–Crippen MR) is 83.6 cm³/mol. The van der Waals surface area contributed by atoms with Gasteiger partial charge in [-0.2, -0.15) is 5.10 Å². The van der Waals surface area contributed by atoms with Gasteiger partial charge in [0.2, 0.25) is 0 Å². The molecule has 106 valence electrons. The summed E-state index contributed by atoms with van der Waals surface area (Å²) in [5.41, 5.74) is 3.83. The molecule has 0 aliphatic carbocycles. The van der Waals surface area contributed by atoms with Crippen molar-refractivity contribution in [1.29, 1.82) is 0 Å². The van der Waals surface area contributed by atoms with Crippen molar-refractivity contribution in [3.05, 3.63) is 78.4 Å². The summed E-state index contributed by atoms with van der Waals surface area (Å²) < 4.78 is 5.51. The number of hydrogen-bond acceptors (Lipinski definition) is 3. The second kappa shape index (κ2) is 7.65. The summed E-state index contributed by atoms with van der Waals surface area (Å²) in [4.78, 5) is 11.8. The summed E-state index contributed by atoms with van der Waals surface area (Å²) in [6.45, 7) is 4.03. The van der Waals surface area contributed by atoms with Crippen LogP contribution < -0.4 is 10.2 Å². The number of carbonyl (C=O) groups excluding carboxylic acids is 1. The molecule has 2 aromatic carbocycles. The van der Waals surface area contributed by atoms with Gasteiger partial charge in [-0.25, -0.2) is 5.43 Å². The molecule has 1 N–H and O–H groups in total. The molecule has 0 aromatic heterocycles. The number of benzene rings is 2. The first kappa shape index (κ1) is 14.5. The van der Waals surface area contributed by atoms with E-state index < -0.39 is 0 Å². The third kappa shape index (κ3) is 4.31. The van der Waals surface area contributed by atoms with Gasteiger partial charge in [0.05, 0.1) is 6.21 Å². The quantitative estimate of drug-likeness (QED) is 0.502. The van der Waals surface area contributed by atoms with Crippen LogP contribution in [0.15, 0.2) is 72.4 Å². The van der Waals surface area contributed by atoms with E-state index in [9.17, 15) is 4.79 Å². The lowest BCUT2D eigenvalue weighted by Gasteiger charge is -2.06. The van der Waals surface area contributed by atoms with Gasteiger partial charge in [0, 0.05) is 11.1 Å². The number of ether oxygens (including phenoxy) is 1. The highest BCUT2D eigenvalue weighted by Crippen LogP contribution is 2.15. The number of para-hydroxylation sites is 1. The Bertz CT molecular complexity index is 636. The Morgan fingerprint density at radius 3 is 2.62 bits per heavy atom. The van der Waals surface area contributed by atoms with Gasteiger partial charge >= 0.3 is 0 Å². The van der Waals surface area contributed by atoms with Crippen LogP contribution >= 0.6 is 0 Å². The topological polar surface area (TPSA) is 50.7 Å². The van der Waals surface area contributed by atoms with Gasteiger partial charge in [0.15, 0.2) is 0 Å². The van der Waals surface area contributed by atoms with Crippen molar-refractivity contribution >= 4 is 12.1 Å². The predicted octanol–water partition coefficient (Wildman–Crippen LogP) is 3.02.